The highest BCUT2D eigenvalue weighted by molar-refractivity contribution is 5.78. The highest BCUT2D eigenvalue weighted by Crippen LogP contribution is 2.15. The third-order valence-electron chi connectivity index (χ3n) is 3.32. The fourth-order valence-electron chi connectivity index (χ4n) is 1.76. The van der Waals surface area contributed by atoms with Crippen molar-refractivity contribution in [1.29, 1.82) is 0 Å². The summed E-state index contributed by atoms with van der Waals surface area (Å²) in [7, 11) is 1.63. The Morgan fingerprint density at radius 2 is 1.95 bits per heavy atom. The maximum atomic E-state index is 12.0. The number of nitrogens with one attached hydrogen (secondary N) is 1. The summed E-state index contributed by atoms with van der Waals surface area (Å²) in [6.07, 6.45) is 0.690. The van der Waals surface area contributed by atoms with E-state index in [1.165, 1.54) is 0 Å². The molecule has 1 unspecified atom stereocenters. The van der Waals surface area contributed by atoms with E-state index in [-0.39, 0.29) is 23.8 Å². The number of hydrogen-bond donors (Lipinski definition) is 2. The zero-order valence-electron chi connectivity index (χ0n) is 12.8. The van der Waals surface area contributed by atoms with Crippen molar-refractivity contribution in [3.05, 3.63) is 29.8 Å². The lowest BCUT2D eigenvalue weighted by Gasteiger charge is -2.23. The predicted octanol–water partition coefficient (Wildman–Crippen LogP) is 2.01. The van der Waals surface area contributed by atoms with Crippen molar-refractivity contribution in [3.8, 4) is 5.75 Å². The fourth-order valence-corrected chi connectivity index (χ4v) is 1.76. The van der Waals surface area contributed by atoms with E-state index in [0.29, 0.717) is 13.0 Å². The predicted molar refractivity (Wildman–Crippen MR) is 79.7 cm³/mol. The molecule has 0 aliphatic rings. The van der Waals surface area contributed by atoms with Crippen LogP contribution in [0.1, 0.15) is 26.3 Å². The van der Waals surface area contributed by atoms with Crippen LogP contribution in [-0.4, -0.2) is 31.3 Å². The standard InChI is InChI=1S/C16H25NO3/c1-12(15(19)17-10-16(2,3)11-18)9-13-5-7-14(20-4)8-6-13/h5-8,12,18H,9-11H2,1-4H3,(H,17,19). The SMILES string of the molecule is COc1ccc(CC(C)C(=O)NCC(C)(C)CO)cc1. The van der Waals surface area contributed by atoms with Crippen LogP contribution < -0.4 is 10.1 Å². The Morgan fingerprint density at radius 1 is 1.35 bits per heavy atom. The van der Waals surface area contributed by atoms with Crippen LogP contribution in [0.2, 0.25) is 0 Å². The number of ether oxygens (including phenoxy) is 1. The molecule has 20 heavy (non-hydrogen) atoms. The first-order valence-corrected chi connectivity index (χ1v) is 6.89. The summed E-state index contributed by atoms with van der Waals surface area (Å²) in [5.74, 6) is 0.732. The maximum absolute atomic E-state index is 12.0. The number of carbonyl (C=O) groups excluding carboxylic acids is 1. The molecule has 1 aromatic carbocycles. The summed E-state index contributed by atoms with van der Waals surface area (Å²) in [6, 6.07) is 7.74. The summed E-state index contributed by atoms with van der Waals surface area (Å²) >= 11 is 0. The molecule has 0 aromatic heterocycles. The van der Waals surface area contributed by atoms with Crippen molar-refractivity contribution < 1.29 is 14.6 Å². The van der Waals surface area contributed by atoms with Gasteiger partial charge in [-0.05, 0) is 24.1 Å². The minimum atomic E-state index is -0.282. The smallest absolute Gasteiger partial charge is 0.223 e. The van der Waals surface area contributed by atoms with Crippen molar-refractivity contribution in [2.45, 2.75) is 27.2 Å². The lowest BCUT2D eigenvalue weighted by molar-refractivity contribution is -0.125. The molecule has 0 aliphatic carbocycles. The monoisotopic (exact) mass is 279 g/mol. The van der Waals surface area contributed by atoms with Crippen LogP contribution in [0, 0.1) is 11.3 Å². The summed E-state index contributed by atoms with van der Waals surface area (Å²) < 4.78 is 5.11. The molecule has 1 amide bonds. The van der Waals surface area contributed by atoms with E-state index in [0.717, 1.165) is 11.3 Å². The average molecular weight is 279 g/mol. The highest BCUT2D eigenvalue weighted by atomic mass is 16.5. The van der Waals surface area contributed by atoms with Crippen LogP contribution in [0.3, 0.4) is 0 Å². The van der Waals surface area contributed by atoms with Gasteiger partial charge in [0.05, 0.1) is 7.11 Å². The van der Waals surface area contributed by atoms with Gasteiger partial charge in [0, 0.05) is 24.5 Å². The van der Waals surface area contributed by atoms with Crippen LogP contribution in [0.25, 0.3) is 0 Å². The van der Waals surface area contributed by atoms with E-state index in [2.05, 4.69) is 5.32 Å². The lowest BCUT2D eigenvalue weighted by atomic mass is 9.94. The molecule has 0 bridgehead atoms. The molecule has 1 aromatic rings. The third kappa shape index (κ3) is 5.21. The Morgan fingerprint density at radius 3 is 2.45 bits per heavy atom. The fraction of sp³-hybridized carbons (Fsp3) is 0.562. The topological polar surface area (TPSA) is 58.6 Å². The molecule has 2 N–H and O–H groups in total. The number of hydrogen-bond acceptors (Lipinski definition) is 3. The molecule has 0 heterocycles. The number of aliphatic hydroxyl groups is 1. The Labute approximate surface area is 121 Å². The number of carbonyl (C=O) groups is 1. The number of benzene rings is 1. The summed E-state index contributed by atoms with van der Waals surface area (Å²) in [4.78, 5) is 12.0. The van der Waals surface area contributed by atoms with Crippen molar-refractivity contribution >= 4 is 5.91 Å². The van der Waals surface area contributed by atoms with Crippen LogP contribution in [0.5, 0.6) is 5.75 Å². The molecule has 1 atom stereocenters. The molecule has 0 saturated carbocycles. The summed E-state index contributed by atoms with van der Waals surface area (Å²) in [5, 5.41) is 12.1. The van der Waals surface area contributed by atoms with E-state index in [1.54, 1.807) is 7.11 Å². The number of methoxy groups -OCH3 is 1. The van der Waals surface area contributed by atoms with Gasteiger partial charge in [-0.3, -0.25) is 4.79 Å². The normalized spacial score (nSPS) is 12.8. The van der Waals surface area contributed by atoms with E-state index >= 15 is 0 Å². The Hall–Kier alpha value is -1.55. The minimum absolute atomic E-state index is 0.0161. The van der Waals surface area contributed by atoms with E-state index in [9.17, 15) is 4.79 Å². The second-order valence-electron chi connectivity index (χ2n) is 5.99. The van der Waals surface area contributed by atoms with E-state index in [1.807, 2.05) is 45.0 Å². The molecular formula is C16H25NO3. The van der Waals surface area contributed by atoms with Crippen molar-refractivity contribution in [1.82, 2.24) is 5.32 Å². The van der Waals surface area contributed by atoms with Crippen LogP contribution in [-0.2, 0) is 11.2 Å². The first kappa shape index (κ1) is 16.5. The van der Waals surface area contributed by atoms with E-state index in [4.69, 9.17) is 9.84 Å². The maximum Gasteiger partial charge on any atom is 0.223 e. The third-order valence-corrected chi connectivity index (χ3v) is 3.32. The molecule has 0 radical (unpaired) electrons. The molecule has 1 rings (SSSR count). The molecule has 0 aliphatic heterocycles. The van der Waals surface area contributed by atoms with Crippen molar-refractivity contribution in [3.63, 3.8) is 0 Å². The molecule has 0 saturated heterocycles. The molecule has 0 fully saturated rings. The van der Waals surface area contributed by atoms with Gasteiger partial charge in [0.15, 0.2) is 0 Å². The Balaban J connectivity index is 2.48. The van der Waals surface area contributed by atoms with E-state index < -0.39 is 0 Å². The van der Waals surface area contributed by atoms with Crippen LogP contribution in [0.15, 0.2) is 24.3 Å². The van der Waals surface area contributed by atoms with Crippen LogP contribution >= 0.6 is 0 Å². The van der Waals surface area contributed by atoms with Gasteiger partial charge in [0.2, 0.25) is 5.91 Å². The number of rotatable bonds is 7. The Kier molecular flexibility index (Phi) is 6.02. The number of aliphatic hydroxyl groups excluding tert-OH is 1. The Bertz CT molecular complexity index is 426. The van der Waals surface area contributed by atoms with Gasteiger partial charge >= 0.3 is 0 Å². The molecule has 112 valence electrons. The van der Waals surface area contributed by atoms with Crippen LogP contribution in [0.4, 0.5) is 0 Å². The van der Waals surface area contributed by atoms with Gasteiger partial charge < -0.3 is 15.2 Å². The van der Waals surface area contributed by atoms with Gasteiger partial charge in [-0.1, -0.05) is 32.9 Å². The average Bonchev–Trinajstić information content (AvgIpc) is 2.45. The van der Waals surface area contributed by atoms with Crippen molar-refractivity contribution in [2.75, 3.05) is 20.3 Å². The van der Waals surface area contributed by atoms with Crippen molar-refractivity contribution in [2.24, 2.45) is 11.3 Å². The second-order valence-corrected chi connectivity index (χ2v) is 5.99. The number of amides is 1. The summed E-state index contributed by atoms with van der Waals surface area (Å²) in [5.41, 5.74) is 0.824. The van der Waals surface area contributed by atoms with Gasteiger partial charge in [-0.25, -0.2) is 0 Å². The van der Waals surface area contributed by atoms with Gasteiger partial charge in [0.25, 0.3) is 0 Å². The molecule has 0 spiro atoms. The van der Waals surface area contributed by atoms with Gasteiger partial charge in [-0.2, -0.15) is 0 Å². The van der Waals surface area contributed by atoms with Gasteiger partial charge in [-0.15, -0.1) is 0 Å². The highest BCUT2D eigenvalue weighted by Gasteiger charge is 2.20. The minimum Gasteiger partial charge on any atom is -0.497 e. The second kappa shape index (κ2) is 7.29. The molecule has 4 nitrogen and oxygen atoms in total. The van der Waals surface area contributed by atoms with Gasteiger partial charge in [0.1, 0.15) is 5.75 Å². The first-order valence-electron chi connectivity index (χ1n) is 6.89. The largest absolute Gasteiger partial charge is 0.497 e. The zero-order chi connectivity index (χ0) is 15.2. The quantitative estimate of drug-likeness (QED) is 0.802. The molecular weight excluding hydrogens is 254 g/mol. The lowest BCUT2D eigenvalue weighted by Crippen LogP contribution is -2.39. The zero-order valence-corrected chi connectivity index (χ0v) is 12.8. The first-order chi connectivity index (χ1) is 9.38. The summed E-state index contributed by atoms with van der Waals surface area (Å²) in [6.45, 7) is 6.28. The molecule has 4 heteroatoms.